The molecule has 0 bridgehead atoms. The smallest absolute Gasteiger partial charge is 0.410 e. The fraction of sp³-hybridized carbons (Fsp3) is 0.611. The summed E-state index contributed by atoms with van der Waals surface area (Å²) in [7, 11) is 1.55. The van der Waals surface area contributed by atoms with Crippen LogP contribution in [0.2, 0.25) is 0 Å². The van der Waals surface area contributed by atoms with Gasteiger partial charge in [-0.25, -0.2) is 4.79 Å². The predicted molar refractivity (Wildman–Crippen MR) is 98.4 cm³/mol. The van der Waals surface area contributed by atoms with E-state index in [1.54, 1.807) is 12.0 Å². The lowest BCUT2D eigenvalue weighted by molar-refractivity contribution is -0.0104. The normalized spacial score (nSPS) is 19.8. The van der Waals surface area contributed by atoms with Crippen molar-refractivity contribution in [2.24, 2.45) is 5.73 Å². The topological polar surface area (TPSA) is 127 Å². The molecule has 1 fully saturated rings. The average molecular weight is 380 g/mol. The molecule has 2 heterocycles. The van der Waals surface area contributed by atoms with Crippen LogP contribution in [0.25, 0.3) is 0 Å². The average Bonchev–Trinajstić information content (AvgIpc) is 3.19. The van der Waals surface area contributed by atoms with Gasteiger partial charge in [0.05, 0.1) is 17.7 Å². The van der Waals surface area contributed by atoms with Gasteiger partial charge < -0.3 is 25.5 Å². The van der Waals surface area contributed by atoms with Crippen molar-refractivity contribution in [3.05, 3.63) is 23.5 Å². The third-order valence-electron chi connectivity index (χ3n) is 4.41. The highest BCUT2D eigenvalue weighted by molar-refractivity contribution is 5.98. The largest absolute Gasteiger partial charge is 0.444 e. The number of nitrogens with two attached hydrogens (primary N) is 1. The molecule has 0 aromatic carbocycles. The van der Waals surface area contributed by atoms with Crippen LogP contribution in [0.4, 0.5) is 4.79 Å². The predicted octanol–water partition coefficient (Wildman–Crippen LogP) is 1.26. The fourth-order valence-corrected chi connectivity index (χ4v) is 3.20. The third kappa shape index (κ3) is 5.00. The number of carbonyl (C=O) groups is 3. The van der Waals surface area contributed by atoms with Crippen molar-refractivity contribution in [1.82, 2.24) is 15.2 Å². The van der Waals surface area contributed by atoms with Gasteiger partial charge in [0.1, 0.15) is 11.3 Å². The molecule has 1 aromatic heterocycles. The van der Waals surface area contributed by atoms with E-state index < -0.39 is 29.0 Å². The molecule has 2 rings (SSSR count). The van der Waals surface area contributed by atoms with Crippen LogP contribution in [0.15, 0.2) is 12.3 Å². The van der Waals surface area contributed by atoms with Crippen molar-refractivity contribution in [1.29, 1.82) is 0 Å². The fourth-order valence-electron chi connectivity index (χ4n) is 3.20. The summed E-state index contributed by atoms with van der Waals surface area (Å²) in [6.07, 6.45) is 2.41. The molecule has 0 spiro atoms. The van der Waals surface area contributed by atoms with Crippen LogP contribution < -0.4 is 11.1 Å². The summed E-state index contributed by atoms with van der Waals surface area (Å²) in [5.41, 5.74) is 4.34. The second-order valence-corrected chi connectivity index (χ2v) is 7.74. The van der Waals surface area contributed by atoms with Crippen LogP contribution in [0, 0.1) is 0 Å². The minimum absolute atomic E-state index is 0.198. The van der Waals surface area contributed by atoms with Crippen LogP contribution in [-0.4, -0.2) is 65.7 Å². The molecule has 1 saturated heterocycles. The molecule has 1 aliphatic heterocycles. The van der Waals surface area contributed by atoms with Gasteiger partial charge >= 0.3 is 6.09 Å². The number of hydrogen-bond acceptors (Lipinski definition) is 5. The first-order chi connectivity index (χ1) is 12.6. The maximum Gasteiger partial charge on any atom is 0.410 e. The van der Waals surface area contributed by atoms with Gasteiger partial charge in [0.15, 0.2) is 0 Å². The first kappa shape index (κ1) is 20.8. The number of hydrogen-bond donors (Lipinski definition) is 3. The zero-order chi connectivity index (χ0) is 20.2. The summed E-state index contributed by atoms with van der Waals surface area (Å²) >= 11 is 0. The lowest BCUT2D eigenvalue weighted by atomic mass is 9.97. The van der Waals surface area contributed by atoms with Gasteiger partial charge in [-0.3, -0.25) is 14.5 Å². The minimum atomic E-state index is -0.689. The van der Waals surface area contributed by atoms with Gasteiger partial charge in [0, 0.05) is 26.4 Å². The van der Waals surface area contributed by atoms with Crippen LogP contribution in [0.1, 0.15) is 54.5 Å². The number of primary amides is 1. The highest BCUT2D eigenvalue weighted by Crippen LogP contribution is 2.31. The number of methoxy groups -OCH3 is 1. The van der Waals surface area contributed by atoms with E-state index in [0.717, 1.165) is 6.42 Å². The molecule has 150 valence electrons. The van der Waals surface area contributed by atoms with Crippen LogP contribution in [-0.2, 0) is 9.47 Å². The van der Waals surface area contributed by atoms with E-state index in [1.165, 1.54) is 12.3 Å². The highest BCUT2D eigenvalue weighted by atomic mass is 16.6. The molecule has 27 heavy (non-hydrogen) atoms. The van der Waals surface area contributed by atoms with Crippen molar-refractivity contribution in [2.45, 2.75) is 44.8 Å². The van der Waals surface area contributed by atoms with E-state index in [0.29, 0.717) is 13.0 Å². The SMILES string of the molecule is COC[C@@]1(CNC(=O)c2cc(C(N)=O)c[nH]2)CCCN1C(=O)OC(C)(C)C. The molecule has 0 radical (unpaired) electrons. The lowest BCUT2D eigenvalue weighted by Crippen LogP contribution is -2.57. The molecule has 0 unspecified atom stereocenters. The van der Waals surface area contributed by atoms with Crippen molar-refractivity contribution < 1.29 is 23.9 Å². The van der Waals surface area contributed by atoms with Gasteiger partial charge in [-0.2, -0.15) is 0 Å². The first-order valence-electron chi connectivity index (χ1n) is 8.84. The molecule has 9 heteroatoms. The standard InChI is InChI=1S/C18H28N4O5/c1-17(2,3)27-16(25)22-7-5-6-18(22,11-26-4)10-21-15(24)13-8-12(9-20-13)14(19)23/h8-9,20H,5-7,10-11H2,1-4H3,(H2,19,23)(H,21,24)/t18-/m0/s1. The Hall–Kier alpha value is -2.55. The Labute approximate surface area is 158 Å². The van der Waals surface area contributed by atoms with E-state index in [4.69, 9.17) is 15.2 Å². The van der Waals surface area contributed by atoms with Crippen molar-refractivity contribution in [2.75, 3.05) is 26.8 Å². The number of rotatable bonds is 6. The van der Waals surface area contributed by atoms with Crippen LogP contribution in [0.3, 0.4) is 0 Å². The number of likely N-dealkylation sites (tertiary alicyclic amines) is 1. The summed E-state index contributed by atoms with van der Waals surface area (Å²) in [4.78, 5) is 40.6. The second kappa shape index (κ2) is 7.99. The number of ether oxygens (including phenoxy) is 2. The Morgan fingerprint density at radius 1 is 1.37 bits per heavy atom. The van der Waals surface area contributed by atoms with Gasteiger partial charge in [0.2, 0.25) is 5.91 Å². The number of nitrogens with zero attached hydrogens (tertiary/aromatic N) is 1. The summed E-state index contributed by atoms with van der Waals surface area (Å²) in [6, 6.07) is 1.39. The third-order valence-corrected chi connectivity index (χ3v) is 4.41. The molecule has 1 aromatic rings. The van der Waals surface area contributed by atoms with Crippen molar-refractivity contribution >= 4 is 17.9 Å². The quantitative estimate of drug-likeness (QED) is 0.685. The molecular weight excluding hydrogens is 352 g/mol. The van der Waals surface area contributed by atoms with Gasteiger partial charge in [-0.1, -0.05) is 0 Å². The molecular formula is C18H28N4O5. The Kier molecular flexibility index (Phi) is 6.15. The van der Waals surface area contributed by atoms with E-state index in [2.05, 4.69) is 10.3 Å². The molecule has 9 nitrogen and oxygen atoms in total. The summed E-state index contributed by atoms with van der Waals surface area (Å²) < 4.78 is 10.8. The Bertz CT molecular complexity index is 709. The van der Waals surface area contributed by atoms with Crippen molar-refractivity contribution in [3.63, 3.8) is 0 Å². The number of aromatic nitrogens is 1. The van der Waals surface area contributed by atoms with Crippen LogP contribution >= 0.6 is 0 Å². The monoisotopic (exact) mass is 380 g/mol. The van der Waals surface area contributed by atoms with E-state index in [1.807, 2.05) is 20.8 Å². The van der Waals surface area contributed by atoms with Crippen LogP contribution in [0.5, 0.6) is 0 Å². The van der Waals surface area contributed by atoms with E-state index >= 15 is 0 Å². The zero-order valence-electron chi connectivity index (χ0n) is 16.3. The Balaban J connectivity index is 2.11. The highest BCUT2D eigenvalue weighted by Gasteiger charge is 2.45. The number of aromatic amines is 1. The minimum Gasteiger partial charge on any atom is -0.444 e. The van der Waals surface area contributed by atoms with Gasteiger partial charge in [0.25, 0.3) is 5.91 Å². The van der Waals surface area contributed by atoms with E-state index in [9.17, 15) is 14.4 Å². The number of nitrogens with one attached hydrogen (secondary N) is 2. The number of H-pyrrole nitrogens is 1. The summed E-state index contributed by atoms with van der Waals surface area (Å²) in [5, 5.41) is 2.81. The summed E-state index contributed by atoms with van der Waals surface area (Å²) in [6.45, 7) is 6.42. The second-order valence-electron chi connectivity index (χ2n) is 7.74. The molecule has 3 amide bonds. The Morgan fingerprint density at radius 3 is 2.63 bits per heavy atom. The molecule has 1 aliphatic rings. The number of carbonyl (C=O) groups excluding carboxylic acids is 3. The first-order valence-corrected chi connectivity index (χ1v) is 8.84. The zero-order valence-corrected chi connectivity index (χ0v) is 16.3. The summed E-state index contributed by atoms with van der Waals surface area (Å²) in [5.74, 6) is -1.01. The maximum absolute atomic E-state index is 12.6. The molecule has 4 N–H and O–H groups in total. The lowest BCUT2D eigenvalue weighted by Gasteiger charge is -2.38. The van der Waals surface area contributed by atoms with Gasteiger partial charge in [-0.15, -0.1) is 0 Å². The molecule has 0 saturated carbocycles. The van der Waals surface area contributed by atoms with E-state index in [-0.39, 0.29) is 24.4 Å². The number of amides is 3. The molecule has 1 atom stereocenters. The Morgan fingerprint density at radius 2 is 2.07 bits per heavy atom. The molecule has 0 aliphatic carbocycles. The van der Waals surface area contributed by atoms with Gasteiger partial charge in [-0.05, 0) is 39.7 Å². The maximum atomic E-state index is 12.6. The van der Waals surface area contributed by atoms with Crippen molar-refractivity contribution in [3.8, 4) is 0 Å².